The lowest BCUT2D eigenvalue weighted by molar-refractivity contribution is -0.106. The number of hydrogen-bond acceptors (Lipinski definition) is 3. The standard InChI is InChI=1S/C17H25FN2O/c1-12(19)17(13-5-4-6-14(18)11-13)20-9-10-21-16-8-3-2-7-15(16)20/h4-6,11-12,15-17H,2-3,7-10,19H2,1H3. The normalized spacial score (nSPS) is 29.7. The van der Waals surface area contributed by atoms with E-state index in [-0.39, 0.29) is 17.9 Å². The highest BCUT2D eigenvalue weighted by atomic mass is 19.1. The average molecular weight is 292 g/mol. The van der Waals surface area contributed by atoms with Crippen molar-refractivity contribution in [2.45, 2.75) is 56.8 Å². The molecule has 2 aliphatic rings. The van der Waals surface area contributed by atoms with Crippen LogP contribution in [0.5, 0.6) is 0 Å². The minimum absolute atomic E-state index is 0.0347. The highest BCUT2D eigenvalue weighted by Gasteiger charge is 2.39. The highest BCUT2D eigenvalue weighted by molar-refractivity contribution is 5.22. The summed E-state index contributed by atoms with van der Waals surface area (Å²) in [6, 6.07) is 7.34. The summed E-state index contributed by atoms with van der Waals surface area (Å²) in [5.74, 6) is -0.188. The number of ether oxygens (including phenoxy) is 1. The van der Waals surface area contributed by atoms with Crippen LogP contribution >= 0.6 is 0 Å². The van der Waals surface area contributed by atoms with Gasteiger partial charge in [0.1, 0.15) is 5.82 Å². The van der Waals surface area contributed by atoms with Crippen molar-refractivity contribution in [1.29, 1.82) is 0 Å². The molecule has 1 aromatic rings. The molecule has 116 valence electrons. The van der Waals surface area contributed by atoms with Crippen LogP contribution in [0.25, 0.3) is 0 Å². The second-order valence-corrected chi connectivity index (χ2v) is 6.36. The topological polar surface area (TPSA) is 38.5 Å². The molecule has 2 fully saturated rings. The molecular formula is C17H25FN2O. The van der Waals surface area contributed by atoms with Crippen LogP contribution in [-0.4, -0.2) is 36.2 Å². The summed E-state index contributed by atoms with van der Waals surface area (Å²) in [6.07, 6.45) is 5.11. The molecule has 21 heavy (non-hydrogen) atoms. The number of morpholine rings is 1. The van der Waals surface area contributed by atoms with Gasteiger partial charge >= 0.3 is 0 Å². The fourth-order valence-corrected chi connectivity index (χ4v) is 3.96. The van der Waals surface area contributed by atoms with E-state index < -0.39 is 0 Å². The molecule has 4 atom stereocenters. The van der Waals surface area contributed by atoms with Crippen molar-refractivity contribution in [3.63, 3.8) is 0 Å². The zero-order valence-electron chi connectivity index (χ0n) is 12.7. The predicted octanol–water partition coefficient (Wildman–Crippen LogP) is 2.86. The quantitative estimate of drug-likeness (QED) is 0.931. The van der Waals surface area contributed by atoms with Gasteiger partial charge in [-0.25, -0.2) is 4.39 Å². The smallest absolute Gasteiger partial charge is 0.123 e. The predicted molar refractivity (Wildman–Crippen MR) is 81.5 cm³/mol. The summed E-state index contributed by atoms with van der Waals surface area (Å²) < 4.78 is 19.6. The molecule has 0 radical (unpaired) electrons. The molecule has 4 unspecified atom stereocenters. The fourth-order valence-electron chi connectivity index (χ4n) is 3.96. The van der Waals surface area contributed by atoms with E-state index in [1.54, 1.807) is 12.1 Å². The van der Waals surface area contributed by atoms with E-state index in [1.807, 2.05) is 13.0 Å². The van der Waals surface area contributed by atoms with E-state index >= 15 is 0 Å². The molecule has 1 aromatic carbocycles. The van der Waals surface area contributed by atoms with Crippen molar-refractivity contribution >= 4 is 0 Å². The van der Waals surface area contributed by atoms with Crippen LogP contribution in [0.2, 0.25) is 0 Å². The third-order valence-electron chi connectivity index (χ3n) is 4.82. The van der Waals surface area contributed by atoms with E-state index in [0.717, 1.165) is 31.6 Å². The third-order valence-corrected chi connectivity index (χ3v) is 4.82. The Hall–Kier alpha value is -0.970. The summed E-state index contributed by atoms with van der Waals surface area (Å²) >= 11 is 0. The van der Waals surface area contributed by atoms with Crippen LogP contribution in [0, 0.1) is 5.82 Å². The van der Waals surface area contributed by atoms with Crippen LogP contribution < -0.4 is 5.73 Å². The highest BCUT2D eigenvalue weighted by Crippen LogP contribution is 2.35. The zero-order chi connectivity index (χ0) is 14.8. The molecule has 0 bridgehead atoms. The molecule has 2 N–H and O–H groups in total. The second kappa shape index (κ2) is 6.42. The number of nitrogens with two attached hydrogens (primary N) is 1. The van der Waals surface area contributed by atoms with E-state index in [4.69, 9.17) is 10.5 Å². The minimum atomic E-state index is -0.188. The molecule has 4 heteroatoms. The van der Waals surface area contributed by atoms with E-state index in [1.165, 1.54) is 18.9 Å². The SMILES string of the molecule is CC(N)C(c1cccc(F)c1)N1CCOC2CCCCC21. The van der Waals surface area contributed by atoms with E-state index in [0.29, 0.717) is 12.1 Å². The maximum absolute atomic E-state index is 13.6. The molecule has 1 aliphatic heterocycles. The molecule has 1 saturated carbocycles. The van der Waals surface area contributed by atoms with Gasteiger partial charge in [0.2, 0.25) is 0 Å². The van der Waals surface area contributed by atoms with Crippen LogP contribution in [0.15, 0.2) is 24.3 Å². The molecular weight excluding hydrogens is 267 g/mol. The van der Waals surface area contributed by atoms with Gasteiger partial charge < -0.3 is 10.5 Å². The van der Waals surface area contributed by atoms with Gasteiger partial charge in [0, 0.05) is 18.6 Å². The summed E-state index contributed by atoms with van der Waals surface area (Å²) in [5, 5.41) is 0. The maximum atomic E-state index is 13.6. The van der Waals surface area contributed by atoms with Crippen molar-refractivity contribution < 1.29 is 9.13 Å². The van der Waals surface area contributed by atoms with Crippen LogP contribution in [0.4, 0.5) is 4.39 Å². The summed E-state index contributed by atoms with van der Waals surface area (Å²) in [6.45, 7) is 3.65. The molecule has 0 aromatic heterocycles. The Morgan fingerprint density at radius 1 is 1.33 bits per heavy atom. The number of halogens is 1. The summed E-state index contributed by atoms with van der Waals surface area (Å²) in [4.78, 5) is 2.47. The molecule has 1 heterocycles. The van der Waals surface area contributed by atoms with E-state index in [2.05, 4.69) is 4.90 Å². The van der Waals surface area contributed by atoms with Crippen molar-refractivity contribution in [3.8, 4) is 0 Å². The average Bonchev–Trinajstić information content (AvgIpc) is 2.47. The van der Waals surface area contributed by atoms with Gasteiger partial charge in [-0.15, -0.1) is 0 Å². The number of benzene rings is 1. The van der Waals surface area contributed by atoms with Gasteiger partial charge in [0.15, 0.2) is 0 Å². The molecule has 3 nitrogen and oxygen atoms in total. The Balaban J connectivity index is 1.89. The first-order valence-electron chi connectivity index (χ1n) is 8.05. The van der Waals surface area contributed by atoms with Crippen molar-refractivity contribution in [2.75, 3.05) is 13.2 Å². The van der Waals surface area contributed by atoms with Gasteiger partial charge in [0.25, 0.3) is 0 Å². The first kappa shape index (κ1) is 14.9. The minimum Gasteiger partial charge on any atom is -0.375 e. The first-order valence-corrected chi connectivity index (χ1v) is 8.05. The van der Waals surface area contributed by atoms with E-state index in [9.17, 15) is 4.39 Å². The Morgan fingerprint density at radius 3 is 2.90 bits per heavy atom. The van der Waals surface area contributed by atoms with Crippen molar-refractivity contribution in [2.24, 2.45) is 5.73 Å². The Morgan fingerprint density at radius 2 is 2.14 bits per heavy atom. The number of nitrogens with zero attached hydrogens (tertiary/aromatic N) is 1. The lowest BCUT2D eigenvalue weighted by Gasteiger charge is -2.48. The van der Waals surface area contributed by atoms with Gasteiger partial charge in [0.05, 0.1) is 18.8 Å². The van der Waals surface area contributed by atoms with Gasteiger partial charge in [-0.3, -0.25) is 4.90 Å². The van der Waals surface area contributed by atoms with Crippen molar-refractivity contribution in [3.05, 3.63) is 35.6 Å². The monoisotopic (exact) mass is 292 g/mol. The van der Waals surface area contributed by atoms with Crippen LogP contribution in [0.3, 0.4) is 0 Å². The molecule has 0 amide bonds. The maximum Gasteiger partial charge on any atom is 0.123 e. The third kappa shape index (κ3) is 3.12. The lowest BCUT2D eigenvalue weighted by atomic mass is 9.87. The lowest BCUT2D eigenvalue weighted by Crippen LogP contribution is -2.56. The summed E-state index contributed by atoms with van der Waals surface area (Å²) in [5.41, 5.74) is 7.25. The van der Waals surface area contributed by atoms with Crippen molar-refractivity contribution in [1.82, 2.24) is 4.90 Å². The number of fused-ring (bicyclic) bond motifs is 1. The number of hydrogen-bond donors (Lipinski definition) is 1. The van der Waals surface area contributed by atoms with Crippen LogP contribution in [0.1, 0.15) is 44.2 Å². The Bertz CT molecular complexity index is 478. The molecule has 0 spiro atoms. The molecule has 3 rings (SSSR count). The Labute approximate surface area is 126 Å². The van der Waals surface area contributed by atoms with Crippen LogP contribution in [-0.2, 0) is 4.74 Å². The largest absolute Gasteiger partial charge is 0.375 e. The first-order chi connectivity index (χ1) is 10.2. The molecule has 1 aliphatic carbocycles. The zero-order valence-corrected chi connectivity index (χ0v) is 12.7. The van der Waals surface area contributed by atoms with Gasteiger partial charge in [-0.05, 0) is 37.5 Å². The van der Waals surface area contributed by atoms with Gasteiger partial charge in [-0.2, -0.15) is 0 Å². The Kier molecular flexibility index (Phi) is 4.57. The molecule has 1 saturated heterocycles. The van der Waals surface area contributed by atoms with Gasteiger partial charge in [-0.1, -0.05) is 25.0 Å². The fraction of sp³-hybridized carbons (Fsp3) is 0.647. The number of rotatable bonds is 3. The second-order valence-electron chi connectivity index (χ2n) is 6.36. The summed E-state index contributed by atoms with van der Waals surface area (Å²) in [7, 11) is 0.